The molecule has 0 saturated carbocycles. The van der Waals surface area contributed by atoms with E-state index in [1.807, 2.05) is 16.7 Å². The second kappa shape index (κ2) is 9.78. The first-order valence-corrected chi connectivity index (χ1v) is 11.0. The number of hydrogen-bond acceptors (Lipinski definition) is 6. The maximum absolute atomic E-state index is 12.4. The Labute approximate surface area is 190 Å². The fourth-order valence-electron chi connectivity index (χ4n) is 3.08. The molecule has 9 heteroatoms. The Morgan fingerprint density at radius 3 is 2.50 bits per heavy atom. The highest BCUT2D eigenvalue weighted by Gasteiger charge is 2.19. The molecule has 166 valence electrons. The van der Waals surface area contributed by atoms with Gasteiger partial charge in [-0.25, -0.2) is 0 Å². The van der Waals surface area contributed by atoms with Crippen molar-refractivity contribution in [2.75, 3.05) is 11.1 Å². The van der Waals surface area contributed by atoms with Crippen LogP contribution in [-0.4, -0.2) is 31.3 Å². The summed E-state index contributed by atoms with van der Waals surface area (Å²) in [6, 6.07) is 14.2. The molecule has 3 aromatic rings. The van der Waals surface area contributed by atoms with Gasteiger partial charge in [0, 0.05) is 18.2 Å². The summed E-state index contributed by atoms with van der Waals surface area (Å²) in [5.41, 5.74) is 2.20. The largest absolute Gasteiger partial charge is 0.320 e. The number of anilines is 1. The van der Waals surface area contributed by atoms with Gasteiger partial charge < -0.3 is 5.32 Å². The number of allylic oxidation sites excluding steroid dienone is 1. The highest BCUT2D eigenvalue weighted by Crippen LogP contribution is 2.28. The van der Waals surface area contributed by atoms with Crippen LogP contribution in [0.5, 0.6) is 0 Å². The van der Waals surface area contributed by atoms with Crippen LogP contribution in [0.1, 0.15) is 26.3 Å². The fourth-order valence-corrected chi connectivity index (χ4v) is 3.82. The zero-order chi connectivity index (χ0) is 23.3. The number of thioether (sulfide) groups is 1. The van der Waals surface area contributed by atoms with E-state index in [0.29, 0.717) is 17.5 Å². The molecule has 0 aliphatic heterocycles. The van der Waals surface area contributed by atoms with Crippen LogP contribution < -0.4 is 5.32 Å². The van der Waals surface area contributed by atoms with Gasteiger partial charge in [-0.1, -0.05) is 75.0 Å². The Morgan fingerprint density at radius 2 is 1.88 bits per heavy atom. The highest BCUT2D eigenvalue weighted by molar-refractivity contribution is 7.99. The first-order chi connectivity index (χ1) is 15.2. The molecule has 1 N–H and O–H groups in total. The van der Waals surface area contributed by atoms with Crippen molar-refractivity contribution in [2.24, 2.45) is 0 Å². The van der Waals surface area contributed by atoms with Gasteiger partial charge in [0.15, 0.2) is 11.0 Å². The number of hydrogen-bond donors (Lipinski definition) is 1. The third-order valence-corrected chi connectivity index (χ3v) is 5.71. The van der Waals surface area contributed by atoms with Crippen molar-refractivity contribution in [2.45, 2.75) is 37.9 Å². The summed E-state index contributed by atoms with van der Waals surface area (Å²) in [6.45, 7) is 10.8. The van der Waals surface area contributed by atoms with Gasteiger partial charge in [-0.05, 0) is 17.0 Å². The van der Waals surface area contributed by atoms with Crippen LogP contribution in [0.15, 0.2) is 66.3 Å². The molecule has 8 nitrogen and oxygen atoms in total. The Morgan fingerprint density at radius 1 is 1.19 bits per heavy atom. The van der Waals surface area contributed by atoms with Crippen LogP contribution >= 0.6 is 11.8 Å². The van der Waals surface area contributed by atoms with Gasteiger partial charge in [-0.15, -0.1) is 16.8 Å². The standard InChI is InChI=1S/C23H25N5O3S/c1-5-14-27-21(16-10-12-17(13-11-16)23(2,3)4)25-26-22(27)32-15-20(29)24-18-8-6-7-9-19(18)28(30)31/h5-13H,1,14-15H2,2-4H3,(H,24,29). The predicted molar refractivity (Wildman–Crippen MR) is 127 cm³/mol. The average molecular weight is 452 g/mol. The number of nitrogens with one attached hydrogen (secondary N) is 1. The number of nitrogens with zero attached hydrogens (tertiary/aromatic N) is 4. The SMILES string of the molecule is C=CCn1c(SCC(=O)Nc2ccccc2[N+](=O)[O-])nnc1-c1ccc(C(C)(C)C)cc1. The predicted octanol–water partition coefficient (Wildman–Crippen LogP) is 5.07. The number of para-hydroxylation sites is 2. The maximum Gasteiger partial charge on any atom is 0.292 e. The third-order valence-electron chi connectivity index (χ3n) is 4.74. The van der Waals surface area contributed by atoms with Crippen molar-refractivity contribution in [3.05, 3.63) is 76.9 Å². The molecular formula is C23H25N5O3S. The normalized spacial score (nSPS) is 11.2. The topological polar surface area (TPSA) is 103 Å². The van der Waals surface area contributed by atoms with Crippen molar-refractivity contribution in [1.29, 1.82) is 0 Å². The van der Waals surface area contributed by atoms with Gasteiger partial charge in [0.05, 0.1) is 10.7 Å². The van der Waals surface area contributed by atoms with Gasteiger partial charge >= 0.3 is 0 Å². The Kier molecular flexibility index (Phi) is 7.09. The molecule has 0 radical (unpaired) electrons. The number of aromatic nitrogens is 3. The van der Waals surface area contributed by atoms with E-state index in [1.54, 1.807) is 18.2 Å². The molecule has 0 saturated heterocycles. The number of rotatable bonds is 8. The van der Waals surface area contributed by atoms with Gasteiger partial charge in [-0.3, -0.25) is 19.5 Å². The van der Waals surface area contributed by atoms with E-state index in [-0.39, 0.29) is 28.4 Å². The van der Waals surface area contributed by atoms with E-state index in [2.05, 4.69) is 55.0 Å². The summed E-state index contributed by atoms with van der Waals surface area (Å²) < 4.78 is 1.89. The number of carbonyl (C=O) groups excluding carboxylic acids is 1. The van der Waals surface area contributed by atoms with E-state index < -0.39 is 4.92 Å². The molecule has 0 atom stereocenters. The monoisotopic (exact) mass is 451 g/mol. The molecule has 2 aromatic carbocycles. The summed E-state index contributed by atoms with van der Waals surface area (Å²) in [4.78, 5) is 23.0. The maximum atomic E-state index is 12.4. The fraction of sp³-hybridized carbons (Fsp3) is 0.261. The molecule has 0 bridgehead atoms. The lowest BCUT2D eigenvalue weighted by Gasteiger charge is -2.19. The summed E-state index contributed by atoms with van der Waals surface area (Å²) in [7, 11) is 0. The van der Waals surface area contributed by atoms with Crippen LogP contribution in [-0.2, 0) is 16.8 Å². The second-order valence-electron chi connectivity index (χ2n) is 8.14. The van der Waals surface area contributed by atoms with Crippen LogP contribution in [0.4, 0.5) is 11.4 Å². The summed E-state index contributed by atoms with van der Waals surface area (Å²) in [5.74, 6) is 0.352. The number of carbonyl (C=O) groups is 1. The Balaban J connectivity index is 1.75. The zero-order valence-corrected chi connectivity index (χ0v) is 19.1. The van der Waals surface area contributed by atoms with Crippen LogP contribution in [0.2, 0.25) is 0 Å². The van der Waals surface area contributed by atoms with Gasteiger partial charge in [0.1, 0.15) is 5.69 Å². The lowest BCUT2D eigenvalue weighted by atomic mass is 9.87. The molecule has 0 aliphatic rings. The number of nitro benzene ring substituents is 1. The molecule has 1 heterocycles. The zero-order valence-electron chi connectivity index (χ0n) is 18.2. The number of amides is 1. The minimum absolute atomic E-state index is 0.0320. The molecule has 1 amide bonds. The quantitative estimate of drug-likeness (QED) is 0.222. The lowest BCUT2D eigenvalue weighted by molar-refractivity contribution is -0.383. The molecule has 0 unspecified atom stereocenters. The average Bonchev–Trinajstić information content (AvgIpc) is 3.15. The lowest BCUT2D eigenvalue weighted by Crippen LogP contribution is -2.15. The van der Waals surface area contributed by atoms with Gasteiger partial charge in [-0.2, -0.15) is 0 Å². The number of nitro groups is 1. The molecule has 0 aliphatic carbocycles. The van der Waals surface area contributed by atoms with E-state index in [0.717, 1.165) is 5.56 Å². The first-order valence-electron chi connectivity index (χ1n) is 10.0. The van der Waals surface area contributed by atoms with Crippen molar-refractivity contribution in [3.8, 4) is 11.4 Å². The molecule has 1 aromatic heterocycles. The molecule has 3 rings (SSSR count). The molecule has 0 fully saturated rings. The summed E-state index contributed by atoms with van der Waals surface area (Å²) in [5, 5.41) is 22.9. The number of benzene rings is 2. The van der Waals surface area contributed by atoms with Crippen molar-refractivity contribution in [1.82, 2.24) is 14.8 Å². The molecular weight excluding hydrogens is 426 g/mol. The van der Waals surface area contributed by atoms with E-state index >= 15 is 0 Å². The van der Waals surface area contributed by atoms with Crippen LogP contribution in [0, 0.1) is 10.1 Å². The minimum Gasteiger partial charge on any atom is -0.320 e. The highest BCUT2D eigenvalue weighted by atomic mass is 32.2. The van der Waals surface area contributed by atoms with Gasteiger partial charge in [0.25, 0.3) is 5.69 Å². The Hall–Kier alpha value is -3.46. The minimum atomic E-state index is -0.527. The van der Waals surface area contributed by atoms with Crippen molar-refractivity contribution in [3.63, 3.8) is 0 Å². The molecule has 0 spiro atoms. The summed E-state index contributed by atoms with van der Waals surface area (Å²) >= 11 is 1.21. The third kappa shape index (κ3) is 5.42. The second-order valence-corrected chi connectivity index (χ2v) is 9.09. The smallest absolute Gasteiger partial charge is 0.292 e. The van der Waals surface area contributed by atoms with E-state index in [9.17, 15) is 14.9 Å². The van der Waals surface area contributed by atoms with Crippen LogP contribution in [0.25, 0.3) is 11.4 Å². The summed E-state index contributed by atoms with van der Waals surface area (Å²) in [6.07, 6.45) is 1.74. The van der Waals surface area contributed by atoms with Crippen molar-refractivity contribution < 1.29 is 9.72 Å². The van der Waals surface area contributed by atoms with Crippen molar-refractivity contribution >= 4 is 29.0 Å². The van der Waals surface area contributed by atoms with E-state index in [4.69, 9.17) is 0 Å². The van der Waals surface area contributed by atoms with E-state index in [1.165, 1.54) is 29.5 Å². The molecule has 32 heavy (non-hydrogen) atoms. The van der Waals surface area contributed by atoms with Gasteiger partial charge in [0.2, 0.25) is 5.91 Å². The first kappa shape index (κ1) is 23.2. The Bertz CT molecular complexity index is 1130. The van der Waals surface area contributed by atoms with Crippen LogP contribution in [0.3, 0.4) is 0 Å².